The minimum atomic E-state index is -0.355. The lowest BCUT2D eigenvalue weighted by Gasteiger charge is -2.31. The van der Waals surface area contributed by atoms with Crippen LogP contribution in [0.2, 0.25) is 0 Å². The van der Waals surface area contributed by atoms with Crippen LogP contribution in [-0.4, -0.2) is 35.6 Å². The highest BCUT2D eigenvalue weighted by molar-refractivity contribution is 5.86. The number of carbonyl (C=O) groups is 1. The van der Waals surface area contributed by atoms with Gasteiger partial charge in [-0.05, 0) is 60.7 Å². The maximum atomic E-state index is 13.6. The number of rotatable bonds is 6. The molecule has 2 fully saturated rings. The van der Waals surface area contributed by atoms with Crippen LogP contribution in [0.4, 0.5) is 0 Å². The van der Waals surface area contributed by atoms with E-state index in [2.05, 4.69) is 23.0 Å². The highest BCUT2D eigenvalue weighted by Crippen LogP contribution is 2.48. The van der Waals surface area contributed by atoms with Gasteiger partial charge >= 0.3 is 0 Å². The van der Waals surface area contributed by atoms with Crippen LogP contribution in [-0.2, 0) is 11.2 Å². The molecule has 6 nitrogen and oxygen atoms in total. The van der Waals surface area contributed by atoms with Gasteiger partial charge in [-0.25, -0.2) is 10.9 Å². The van der Waals surface area contributed by atoms with Gasteiger partial charge in [0, 0.05) is 18.0 Å². The second-order valence-corrected chi connectivity index (χ2v) is 9.30. The minimum Gasteiger partial charge on any atom is -0.508 e. The Morgan fingerprint density at radius 3 is 2.32 bits per heavy atom. The number of fused-ring (bicyclic) bond motifs is 1. The van der Waals surface area contributed by atoms with Crippen molar-refractivity contribution < 1.29 is 14.6 Å². The Kier molecular flexibility index (Phi) is 6.02. The van der Waals surface area contributed by atoms with Crippen LogP contribution >= 0.6 is 0 Å². The van der Waals surface area contributed by atoms with E-state index in [1.165, 1.54) is 0 Å². The van der Waals surface area contributed by atoms with Crippen LogP contribution in [0.1, 0.15) is 39.9 Å². The summed E-state index contributed by atoms with van der Waals surface area (Å²) < 4.78 is 5.27. The molecule has 34 heavy (non-hydrogen) atoms. The van der Waals surface area contributed by atoms with Gasteiger partial charge < -0.3 is 14.7 Å². The lowest BCUT2D eigenvalue weighted by molar-refractivity contribution is -0.130. The highest BCUT2D eigenvalue weighted by atomic mass is 16.5. The zero-order valence-corrected chi connectivity index (χ0v) is 19.8. The van der Waals surface area contributed by atoms with Gasteiger partial charge in [0.05, 0.1) is 19.2 Å². The molecule has 0 radical (unpaired) electrons. The summed E-state index contributed by atoms with van der Waals surface area (Å²) in [6.07, 6.45) is 0.755. The monoisotopic (exact) mass is 457 g/mol. The van der Waals surface area contributed by atoms with Gasteiger partial charge in [0.1, 0.15) is 17.5 Å². The van der Waals surface area contributed by atoms with Gasteiger partial charge in [-0.2, -0.15) is 0 Å². The Hall–Kier alpha value is -3.35. The molecule has 0 aliphatic carbocycles. The fraction of sp³-hybridized carbons (Fsp3) is 0.321. The van der Waals surface area contributed by atoms with Crippen molar-refractivity contribution in [2.24, 2.45) is 5.92 Å². The number of amides is 1. The fourth-order valence-electron chi connectivity index (χ4n) is 5.38. The van der Waals surface area contributed by atoms with Crippen molar-refractivity contribution >= 4 is 5.91 Å². The number of aromatic hydroxyl groups is 1. The zero-order valence-electron chi connectivity index (χ0n) is 19.8. The molecule has 2 heterocycles. The number of ether oxygens (including phenoxy) is 1. The number of nitrogens with zero attached hydrogens (tertiary/aromatic N) is 1. The van der Waals surface area contributed by atoms with Crippen LogP contribution in [0.3, 0.4) is 0 Å². The second kappa shape index (κ2) is 9.12. The molecule has 4 atom stereocenters. The van der Waals surface area contributed by atoms with Crippen molar-refractivity contribution in [1.29, 1.82) is 0 Å². The van der Waals surface area contributed by atoms with E-state index >= 15 is 0 Å². The first kappa shape index (κ1) is 22.4. The Balaban J connectivity index is 1.48. The van der Waals surface area contributed by atoms with Crippen molar-refractivity contribution in [3.8, 4) is 11.5 Å². The number of methoxy groups -OCH3 is 1. The van der Waals surface area contributed by atoms with E-state index in [4.69, 9.17) is 4.74 Å². The SMILES string of the molecule is COc1ccc(CCN2C(=O)C3NNC(c4cc(C)c(C)cc4O)C3C2c2ccccc2)cc1. The van der Waals surface area contributed by atoms with E-state index in [9.17, 15) is 9.90 Å². The van der Waals surface area contributed by atoms with Crippen molar-refractivity contribution in [2.45, 2.75) is 38.4 Å². The fourth-order valence-corrected chi connectivity index (χ4v) is 5.38. The minimum absolute atomic E-state index is 0.0567. The number of benzene rings is 3. The number of carbonyl (C=O) groups excluding carboxylic acids is 1. The first-order valence-corrected chi connectivity index (χ1v) is 11.8. The summed E-state index contributed by atoms with van der Waals surface area (Å²) >= 11 is 0. The molecule has 0 spiro atoms. The molecule has 1 amide bonds. The molecule has 3 N–H and O–H groups in total. The van der Waals surface area contributed by atoms with Crippen molar-refractivity contribution in [2.75, 3.05) is 13.7 Å². The summed E-state index contributed by atoms with van der Waals surface area (Å²) in [5, 5.41) is 10.8. The van der Waals surface area contributed by atoms with Gasteiger partial charge in [-0.3, -0.25) is 4.79 Å². The number of aryl methyl sites for hydroxylation is 2. The normalized spacial score (nSPS) is 23.9. The third-order valence-electron chi connectivity index (χ3n) is 7.33. The van der Waals surface area contributed by atoms with Gasteiger partial charge in [0.25, 0.3) is 0 Å². The summed E-state index contributed by atoms with van der Waals surface area (Å²) in [5.74, 6) is 1.12. The predicted molar refractivity (Wildman–Crippen MR) is 131 cm³/mol. The summed E-state index contributed by atoms with van der Waals surface area (Å²) in [4.78, 5) is 15.6. The maximum absolute atomic E-state index is 13.6. The molecule has 3 aromatic rings. The first-order chi connectivity index (χ1) is 16.5. The molecule has 0 saturated carbocycles. The molecule has 5 rings (SSSR count). The number of hydrazine groups is 1. The van der Waals surface area contributed by atoms with Crippen LogP contribution in [0, 0.1) is 19.8 Å². The van der Waals surface area contributed by atoms with Gasteiger partial charge in [0.2, 0.25) is 5.91 Å². The first-order valence-electron chi connectivity index (χ1n) is 11.8. The summed E-state index contributed by atoms with van der Waals surface area (Å²) in [6, 6.07) is 21.4. The van der Waals surface area contributed by atoms with Gasteiger partial charge in [-0.15, -0.1) is 0 Å². The van der Waals surface area contributed by atoms with Crippen LogP contribution in [0.25, 0.3) is 0 Å². The average molecular weight is 458 g/mol. The smallest absolute Gasteiger partial charge is 0.242 e. The standard InChI is InChI=1S/C28H31N3O3/c1-17-15-22(23(32)16-18(17)2)25-24-26(30-29-25)28(33)31(27(24)20-7-5-4-6-8-20)14-13-19-9-11-21(34-3)12-10-19/h4-12,15-16,24-27,29-30,32H,13-14H2,1-3H3. The topological polar surface area (TPSA) is 73.8 Å². The number of hydrogen-bond acceptors (Lipinski definition) is 5. The molecule has 0 aromatic heterocycles. The van der Waals surface area contributed by atoms with E-state index in [-0.39, 0.29) is 35.7 Å². The Morgan fingerprint density at radius 2 is 1.62 bits per heavy atom. The third kappa shape index (κ3) is 3.93. The molecule has 2 aliphatic heterocycles. The molecule has 4 unspecified atom stereocenters. The van der Waals surface area contributed by atoms with E-state index in [1.54, 1.807) is 7.11 Å². The Bertz CT molecular complexity index is 1180. The lowest BCUT2D eigenvalue weighted by atomic mass is 9.82. The predicted octanol–water partition coefficient (Wildman–Crippen LogP) is 3.98. The van der Waals surface area contributed by atoms with Gasteiger partial charge in [-0.1, -0.05) is 48.5 Å². The number of phenols is 1. The van der Waals surface area contributed by atoms with E-state index in [1.807, 2.05) is 73.3 Å². The summed E-state index contributed by atoms with van der Waals surface area (Å²) in [5.41, 5.74) is 11.8. The van der Waals surface area contributed by atoms with Crippen molar-refractivity contribution in [3.63, 3.8) is 0 Å². The molecule has 0 bridgehead atoms. The van der Waals surface area contributed by atoms with Crippen LogP contribution in [0.15, 0.2) is 66.7 Å². The Morgan fingerprint density at radius 1 is 0.941 bits per heavy atom. The number of phenolic OH excluding ortho intramolecular Hbond substituents is 1. The van der Waals surface area contributed by atoms with Crippen LogP contribution in [0.5, 0.6) is 11.5 Å². The lowest BCUT2D eigenvalue weighted by Crippen LogP contribution is -2.42. The van der Waals surface area contributed by atoms with Gasteiger partial charge in [0.15, 0.2) is 0 Å². The summed E-state index contributed by atoms with van der Waals surface area (Å²) in [6.45, 7) is 4.66. The number of hydrogen-bond donors (Lipinski definition) is 3. The Labute approximate surface area is 200 Å². The van der Waals surface area contributed by atoms with Crippen LogP contribution < -0.4 is 15.6 Å². The number of nitrogens with one attached hydrogen (secondary N) is 2. The quantitative estimate of drug-likeness (QED) is 0.522. The molecule has 2 saturated heterocycles. The summed E-state index contributed by atoms with van der Waals surface area (Å²) in [7, 11) is 1.66. The highest BCUT2D eigenvalue weighted by Gasteiger charge is 2.55. The third-order valence-corrected chi connectivity index (χ3v) is 7.33. The average Bonchev–Trinajstić information content (AvgIpc) is 3.39. The molecule has 2 aliphatic rings. The molecular weight excluding hydrogens is 426 g/mol. The van der Waals surface area contributed by atoms with E-state index in [0.29, 0.717) is 6.54 Å². The van der Waals surface area contributed by atoms with E-state index in [0.717, 1.165) is 40.0 Å². The van der Waals surface area contributed by atoms with E-state index < -0.39 is 0 Å². The maximum Gasteiger partial charge on any atom is 0.242 e. The molecule has 3 aromatic carbocycles. The molecule has 6 heteroatoms. The zero-order chi connectivity index (χ0) is 23.8. The number of likely N-dealkylation sites (tertiary alicyclic amines) is 1. The molecular formula is C28H31N3O3. The second-order valence-electron chi connectivity index (χ2n) is 9.30. The largest absolute Gasteiger partial charge is 0.508 e. The van der Waals surface area contributed by atoms with Crippen molar-refractivity contribution in [3.05, 3.63) is 94.5 Å². The van der Waals surface area contributed by atoms with Crippen molar-refractivity contribution in [1.82, 2.24) is 15.8 Å². The molecule has 176 valence electrons.